The lowest BCUT2D eigenvalue weighted by atomic mass is 10.1. The molecule has 0 atom stereocenters. The van der Waals surface area contributed by atoms with Crippen molar-refractivity contribution in [1.82, 2.24) is 24.7 Å². The van der Waals surface area contributed by atoms with E-state index in [1.54, 1.807) is 17.9 Å². The Labute approximate surface area is 140 Å². The minimum absolute atomic E-state index is 0.650. The Morgan fingerprint density at radius 3 is 2.50 bits per heavy atom. The van der Waals surface area contributed by atoms with Crippen LogP contribution in [0.2, 0.25) is 0 Å². The van der Waals surface area contributed by atoms with Crippen molar-refractivity contribution in [2.75, 3.05) is 7.11 Å². The highest BCUT2D eigenvalue weighted by molar-refractivity contribution is 5.45. The zero-order valence-electron chi connectivity index (χ0n) is 14.0. The minimum Gasteiger partial charge on any atom is -0.497 e. The van der Waals surface area contributed by atoms with E-state index in [1.165, 1.54) is 0 Å². The third-order valence-electron chi connectivity index (χ3n) is 3.57. The molecule has 6 heteroatoms. The average molecular weight is 321 g/mol. The molecule has 122 valence electrons. The molecule has 0 N–H and O–H groups in total. The summed E-state index contributed by atoms with van der Waals surface area (Å²) in [5, 5.41) is 4.48. The Morgan fingerprint density at radius 2 is 1.83 bits per heavy atom. The molecule has 0 radical (unpaired) electrons. The standard InChI is InChI=1S/C18H19N5O/c1-5-15-11-18(20-12(2)19-15)23-17(21-13(3)22-23)10-14-6-8-16(24-4)9-7-14/h5-9,11H,1,10H2,2-4H3. The molecule has 0 saturated carbocycles. The van der Waals surface area contributed by atoms with Gasteiger partial charge in [-0.1, -0.05) is 18.7 Å². The van der Waals surface area contributed by atoms with Crippen molar-refractivity contribution in [3.63, 3.8) is 0 Å². The second-order valence-corrected chi connectivity index (χ2v) is 5.41. The molecule has 6 nitrogen and oxygen atoms in total. The van der Waals surface area contributed by atoms with Gasteiger partial charge in [0.25, 0.3) is 0 Å². The molecule has 0 aliphatic rings. The van der Waals surface area contributed by atoms with E-state index in [0.29, 0.717) is 23.9 Å². The summed E-state index contributed by atoms with van der Waals surface area (Å²) >= 11 is 0. The zero-order chi connectivity index (χ0) is 17.1. The molecule has 24 heavy (non-hydrogen) atoms. The number of methoxy groups -OCH3 is 1. The van der Waals surface area contributed by atoms with Crippen LogP contribution in [0.5, 0.6) is 5.75 Å². The van der Waals surface area contributed by atoms with Crippen molar-refractivity contribution in [3.05, 3.63) is 65.6 Å². The van der Waals surface area contributed by atoms with E-state index in [2.05, 4.69) is 26.6 Å². The lowest BCUT2D eigenvalue weighted by molar-refractivity contribution is 0.414. The topological polar surface area (TPSA) is 65.7 Å². The van der Waals surface area contributed by atoms with E-state index >= 15 is 0 Å². The predicted octanol–water partition coefficient (Wildman–Crippen LogP) is 2.92. The van der Waals surface area contributed by atoms with Crippen molar-refractivity contribution >= 4 is 6.08 Å². The fourth-order valence-electron chi connectivity index (χ4n) is 2.47. The van der Waals surface area contributed by atoms with Gasteiger partial charge in [0.2, 0.25) is 0 Å². The number of nitrogens with zero attached hydrogens (tertiary/aromatic N) is 5. The van der Waals surface area contributed by atoms with Gasteiger partial charge in [0.15, 0.2) is 5.82 Å². The Morgan fingerprint density at radius 1 is 1.08 bits per heavy atom. The Bertz CT molecular complexity index is 868. The van der Waals surface area contributed by atoms with Gasteiger partial charge in [0.1, 0.15) is 23.2 Å². The third-order valence-corrected chi connectivity index (χ3v) is 3.57. The molecule has 0 saturated heterocycles. The van der Waals surface area contributed by atoms with Crippen LogP contribution in [0.15, 0.2) is 36.9 Å². The molecule has 2 aromatic heterocycles. The van der Waals surface area contributed by atoms with Crippen LogP contribution in [0.4, 0.5) is 0 Å². The maximum absolute atomic E-state index is 5.20. The van der Waals surface area contributed by atoms with E-state index in [-0.39, 0.29) is 0 Å². The SMILES string of the molecule is C=Cc1cc(-n2nc(C)nc2Cc2ccc(OC)cc2)nc(C)n1. The first-order chi connectivity index (χ1) is 11.6. The first kappa shape index (κ1) is 15.9. The van der Waals surface area contributed by atoms with Gasteiger partial charge in [0.05, 0.1) is 12.8 Å². The maximum Gasteiger partial charge on any atom is 0.159 e. The summed E-state index contributed by atoms with van der Waals surface area (Å²) in [6.45, 7) is 7.49. The molecule has 0 aliphatic carbocycles. The molecular weight excluding hydrogens is 302 g/mol. The van der Waals surface area contributed by atoms with Crippen LogP contribution in [0.25, 0.3) is 11.9 Å². The molecule has 3 aromatic rings. The summed E-state index contributed by atoms with van der Waals surface area (Å²) in [7, 11) is 1.66. The summed E-state index contributed by atoms with van der Waals surface area (Å²) in [4.78, 5) is 13.3. The second-order valence-electron chi connectivity index (χ2n) is 5.41. The molecule has 0 bridgehead atoms. The summed E-state index contributed by atoms with van der Waals surface area (Å²) in [6.07, 6.45) is 2.35. The monoisotopic (exact) mass is 321 g/mol. The first-order valence-corrected chi connectivity index (χ1v) is 7.63. The van der Waals surface area contributed by atoms with E-state index in [4.69, 9.17) is 4.74 Å². The molecule has 0 aliphatic heterocycles. The lowest BCUT2D eigenvalue weighted by Crippen LogP contribution is -2.08. The molecule has 3 rings (SSSR count). The van der Waals surface area contributed by atoms with Crippen molar-refractivity contribution in [2.24, 2.45) is 0 Å². The van der Waals surface area contributed by atoms with Crippen molar-refractivity contribution < 1.29 is 4.74 Å². The average Bonchev–Trinajstić information content (AvgIpc) is 2.95. The van der Waals surface area contributed by atoms with E-state index in [1.807, 2.05) is 44.2 Å². The Hall–Kier alpha value is -3.02. The number of hydrogen-bond acceptors (Lipinski definition) is 5. The van der Waals surface area contributed by atoms with Crippen LogP contribution >= 0.6 is 0 Å². The molecule has 1 aromatic carbocycles. The van der Waals surface area contributed by atoms with Gasteiger partial charge in [-0.25, -0.2) is 15.0 Å². The van der Waals surface area contributed by atoms with E-state index < -0.39 is 0 Å². The lowest BCUT2D eigenvalue weighted by Gasteiger charge is -2.07. The van der Waals surface area contributed by atoms with Crippen molar-refractivity contribution in [1.29, 1.82) is 0 Å². The smallest absolute Gasteiger partial charge is 0.159 e. The summed E-state index contributed by atoms with van der Waals surface area (Å²) in [6, 6.07) is 9.77. The molecule has 0 fully saturated rings. The molecule has 0 amide bonds. The fraction of sp³-hybridized carbons (Fsp3) is 0.222. The highest BCUT2D eigenvalue weighted by Gasteiger charge is 2.12. The Kier molecular flexibility index (Phi) is 4.37. The van der Waals surface area contributed by atoms with Gasteiger partial charge in [-0.2, -0.15) is 4.68 Å². The molecule has 0 unspecified atom stereocenters. The first-order valence-electron chi connectivity index (χ1n) is 7.63. The van der Waals surface area contributed by atoms with Crippen LogP contribution in [0.1, 0.15) is 28.7 Å². The quantitative estimate of drug-likeness (QED) is 0.723. The molecular formula is C18H19N5O. The van der Waals surface area contributed by atoms with Gasteiger partial charge >= 0.3 is 0 Å². The van der Waals surface area contributed by atoms with Gasteiger partial charge in [-0.3, -0.25) is 0 Å². The summed E-state index contributed by atoms with van der Waals surface area (Å²) in [5.74, 6) is 3.73. The van der Waals surface area contributed by atoms with Crippen LogP contribution < -0.4 is 4.74 Å². The summed E-state index contributed by atoms with van der Waals surface area (Å²) < 4.78 is 6.96. The van der Waals surface area contributed by atoms with Gasteiger partial charge in [-0.05, 0) is 37.6 Å². The van der Waals surface area contributed by atoms with E-state index in [9.17, 15) is 0 Å². The second kappa shape index (κ2) is 6.62. The highest BCUT2D eigenvalue weighted by atomic mass is 16.5. The van der Waals surface area contributed by atoms with Crippen molar-refractivity contribution in [3.8, 4) is 11.6 Å². The number of rotatable bonds is 5. The predicted molar refractivity (Wildman–Crippen MR) is 92.3 cm³/mol. The number of benzene rings is 1. The third kappa shape index (κ3) is 3.32. The minimum atomic E-state index is 0.650. The van der Waals surface area contributed by atoms with Crippen LogP contribution in [0, 0.1) is 13.8 Å². The molecule has 0 spiro atoms. The normalized spacial score (nSPS) is 10.6. The van der Waals surface area contributed by atoms with Crippen LogP contribution in [-0.2, 0) is 6.42 Å². The number of aromatic nitrogens is 5. The highest BCUT2D eigenvalue weighted by Crippen LogP contribution is 2.16. The number of hydrogen-bond donors (Lipinski definition) is 0. The van der Waals surface area contributed by atoms with Crippen molar-refractivity contribution in [2.45, 2.75) is 20.3 Å². The molecule has 2 heterocycles. The van der Waals surface area contributed by atoms with Gasteiger partial charge < -0.3 is 4.74 Å². The largest absolute Gasteiger partial charge is 0.497 e. The van der Waals surface area contributed by atoms with Gasteiger partial charge in [0, 0.05) is 12.5 Å². The van der Waals surface area contributed by atoms with E-state index in [0.717, 1.165) is 22.8 Å². The van der Waals surface area contributed by atoms with Gasteiger partial charge in [-0.15, -0.1) is 5.10 Å². The Balaban J connectivity index is 1.98. The number of aryl methyl sites for hydroxylation is 2. The van der Waals surface area contributed by atoms with Crippen LogP contribution in [0.3, 0.4) is 0 Å². The fourth-order valence-corrected chi connectivity index (χ4v) is 2.47. The maximum atomic E-state index is 5.20. The van der Waals surface area contributed by atoms with Crippen LogP contribution in [-0.4, -0.2) is 31.8 Å². The summed E-state index contributed by atoms with van der Waals surface area (Å²) in [5.41, 5.74) is 1.89. The zero-order valence-corrected chi connectivity index (χ0v) is 14.0. The number of ether oxygens (including phenoxy) is 1.